The smallest absolute Gasteiger partial charge is 0.327 e. The van der Waals surface area contributed by atoms with Crippen LogP contribution >= 0.6 is 11.8 Å². The molecule has 1 unspecified atom stereocenters. The van der Waals surface area contributed by atoms with E-state index in [4.69, 9.17) is 5.11 Å². The third-order valence-electron chi connectivity index (χ3n) is 2.07. The zero-order valence-electron chi connectivity index (χ0n) is 8.40. The summed E-state index contributed by atoms with van der Waals surface area (Å²) in [6.07, 6.45) is 0.435. The Labute approximate surface area is 87.7 Å². The highest BCUT2D eigenvalue weighted by atomic mass is 32.2. The van der Waals surface area contributed by atoms with Crippen LogP contribution in [-0.2, 0) is 9.59 Å². The van der Waals surface area contributed by atoms with Crippen LogP contribution in [0.3, 0.4) is 0 Å². The Balaban J connectivity index is 2.58. The lowest BCUT2D eigenvalue weighted by molar-refractivity contribution is -0.148. The first-order chi connectivity index (χ1) is 6.52. The van der Waals surface area contributed by atoms with Crippen molar-refractivity contribution in [3.8, 4) is 0 Å². The summed E-state index contributed by atoms with van der Waals surface area (Å²) in [5, 5.41) is 8.86. The fraction of sp³-hybridized carbons (Fsp3) is 0.778. The molecule has 1 fully saturated rings. The van der Waals surface area contributed by atoms with Crippen molar-refractivity contribution < 1.29 is 14.7 Å². The molecular formula is C9H15NO3S. The van der Waals surface area contributed by atoms with Gasteiger partial charge in [0.1, 0.15) is 6.04 Å². The molecule has 0 saturated carbocycles. The van der Waals surface area contributed by atoms with E-state index in [0.717, 1.165) is 0 Å². The van der Waals surface area contributed by atoms with Gasteiger partial charge in [-0.3, -0.25) is 4.79 Å². The lowest BCUT2D eigenvalue weighted by Crippen LogP contribution is -2.42. The van der Waals surface area contributed by atoms with E-state index in [1.54, 1.807) is 0 Å². The molecule has 80 valence electrons. The molecule has 1 heterocycles. The number of carbonyl (C=O) groups excluding carboxylic acids is 1. The number of hydrogen-bond acceptors (Lipinski definition) is 3. The van der Waals surface area contributed by atoms with E-state index in [9.17, 15) is 9.59 Å². The lowest BCUT2D eigenvalue weighted by Gasteiger charge is -2.21. The van der Waals surface area contributed by atoms with Gasteiger partial charge in [-0.25, -0.2) is 4.79 Å². The van der Waals surface area contributed by atoms with E-state index in [-0.39, 0.29) is 11.8 Å². The van der Waals surface area contributed by atoms with Gasteiger partial charge < -0.3 is 10.0 Å². The van der Waals surface area contributed by atoms with E-state index in [1.165, 1.54) is 16.7 Å². The minimum Gasteiger partial charge on any atom is -0.480 e. The Morgan fingerprint density at radius 3 is 2.71 bits per heavy atom. The van der Waals surface area contributed by atoms with Gasteiger partial charge in [0.05, 0.1) is 5.88 Å². The number of rotatable bonds is 3. The predicted octanol–water partition coefficient (Wildman–Crippen LogP) is 1.02. The van der Waals surface area contributed by atoms with Gasteiger partial charge in [-0.15, -0.1) is 11.8 Å². The quantitative estimate of drug-likeness (QED) is 0.766. The highest BCUT2D eigenvalue weighted by molar-refractivity contribution is 7.99. The van der Waals surface area contributed by atoms with E-state index in [0.29, 0.717) is 18.1 Å². The molecular weight excluding hydrogens is 202 g/mol. The number of aliphatic carboxylic acids is 1. The van der Waals surface area contributed by atoms with Crippen LogP contribution in [0.4, 0.5) is 0 Å². The van der Waals surface area contributed by atoms with Crippen molar-refractivity contribution in [1.82, 2.24) is 4.90 Å². The minimum absolute atomic E-state index is 0.0441. The molecule has 0 radical (unpaired) electrons. The van der Waals surface area contributed by atoms with Gasteiger partial charge in [0.2, 0.25) is 5.91 Å². The lowest BCUT2D eigenvalue weighted by atomic mass is 10.1. The molecule has 0 aromatic heterocycles. The van der Waals surface area contributed by atoms with Crippen molar-refractivity contribution >= 4 is 23.6 Å². The molecule has 5 heteroatoms. The second-order valence-corrected chi connectivity index (χ2v) is 4.82. The Bertz CT molecular complexity index is 242. The average molecular weight is 217 g/mol. The fourth-order valence-corrected chi connectivity index (χ4v) is 2.53. The molecule has 0 aromatic rings. The van der Waals surface area contributed by atoms with Gasteiger partial charge in [0.15, 0.2) is 0 Å². The largest absolute Gasteiger partial charge is 0.480 e. The zero-order valence-corrected chi connectivity index (χ0v) is 9.21. The zero-order chi connectivity index (χ0) is 10.7. The van der Waals surface area contributed by atoms with E-state index < -0.39 is 12.0 Å². The first kappa shape index (κ1) is 11.4. The van der Waals surface area contributed by atoms with Crippen LogP contribution in [0.15, 0.2) is 0 Å². The number of carbonyl (C=O) groups is 2. The van der Waals surface area contributed by atoms with Gasteiger partial charge in [0, 0.05) is 12.2 Å². The van der Waals surface area contributed by atoms with Gasteiger partial charge >= 0.3 is 5.97 Å². The molecule has 1 rings (SSSR count). The summed E-state index contributed by atoms with van der Waals surface area (Å²) in [5.74, 6) is 0.369. The van der Waals surface area contributed by atoms with Gasteiger partial charge in [-0.1, -0.05) is 13.8 Å². The molecule has 1 aliphatic rings. The van der Waals surface area contributed by atoms with Gasteiger partial charge in [0.25, 0.3) is 0 Å². The Morgan fingerprint density at radius 2 is 2.21 bits per heavy atom. The topological polar surface area (TPSA) is 57.6 Å². The van der Waals surface area contributed by atoms with Gasteiger partial charge in [-0.05, 0) is 5.92 Å². The summed E-state index contributed by atoms with van der Waals surface area (Å²) in [6.45, 7) is 3.91. The summed E-state index contributed by atoms with van der Waals surface area (Å²) in [4.78, 5) is 23.9. The van der Waals surface area contributed by atoms with Crippen molar-refractivity contribution in [2.75, 3.05) is 11.6 Å². The summed E-state index contributed by atoms with van der Waals surface area (Å²) < 4.78 is 0. The normalized spacial score (nSPS) is 21.6. The molecule has 1 N–H and O–H groups in total. The first-order valence-corrected chi connectivity index (χ1v) is 5.78. The Morgan fingerprint density at radius 1 is 1.57 bits per heavy atom. The van der Waals surface area contributed by atoms with E-state index in [2.05, 4.69) is 0 Å². The van der Waals surface area contributed by atoms with Crippen molar-refractivity contribution in [2.45, 2.75) is 26.3 Å². The molecule has 14 heavy (non-hydrogen) atoms. The van der Waals surface area contributed by atoms with Crippen LogP contribution in [0, 0.1) is 5.92 Å². The van der Waals surface area contributed by atoms with Crippen molar-refractivity contribution in [1.29, 1.82) is 0 Å². The molecule has 0 spiro atoms. The van der Waals surface area contributed by atoms with Crippen LogP contribution in [0.2, 0.25) is 0 Å². The minimum atomic E-state index is -0.896. The predicted molar refractivity (Wildman–Crippen MR) is 55.0 cm³/mol. The second kappa shape index (κ2) is 4.68. The van der Waals surface area contributed by atoms with E-state index in [1.807, 2.05) is 13.8 Å². The van der Waals surface area contributed by atoms with Crippen LogP contribution in [0.5, 0.6) is 0 Å². The maximum Gasteiger partial charge on any atom is 0.327 e. The Hall–Kier alpha value is -0.710. The molecule has 0 aromatic carbocycles. The number of carboxylic acid groups (broad SMARTS) is 1. The fourth-order valence-electron chi connectivity index (χ4n) is 1.36. The standard InChI is InChI=1S/C9H15NO3S/c1-6(2)3-8(11)10-5-14-4-7(10)9(12)13/h6-7H,3-5H2,1-2H3,(H,12,13). The number of carboxylic acids is 1. The van der Waals surface area contributed by atoms with E-state index >= 15 is 0 Å². The molecule has 4 nitrogen and oxygen atoms in total. The molecule has 1 amide bonds. The van der Waals surface area contributed by atoms with Crippen LogP contribution < -0.4 is 0 Å². The molecule has 1 saturated heterocycles. The number of amides is 1. The maximum absolute atomic E-state index is 11.6. The molecule has 0 bridgehead atoms. The number of hydrogen-bond donors (Lipinski definition) is 1. The molecule has 1 aliphatic heterocycles. The summed E-state index contributed by atoms with van der Waals surface area (Å²) in [7, 11) is 0. The SMILES string of the molecule is CC(C)CC(=O)N1CSCC1C(=O)O. The molecule has 1 atom stereocenters. The van der Waals surface area contributed by atoms with Crippen molar-refractivity contribution in [3.63, 3.8) is 0 Å². The maximum atomic E-state index is 11.6. The third kappa shape index (κ3) is 2.64. The number of nitrogens with zero attached hydrogens (tertiary/aromatic N) is 1. The van der Waals surface area contributed by atoms with Gasteiger partial charge in [-0.2, -0.15) is 0 Å². The highest BCUT2D eigenvalue weighted by Gasteiger charge is 2.34. The summed E-state index contributed by atoms with van der Waals surface area (Å²) >= 11 is 1.50. The van der Waals surface area contributed by atoms with Crippen molar-refractivity contribution in [2.24, 2.45) is 5.92 Å². The van der Waals surface area contributed by atoms with Crippen LogP contribution in [-0.4, -0.2) is 39.6 Å². The number of thioether (sulfide) groups is 1. The highest BCUT2D eigenvalue weighted by Crippen LogP contribution is 2.22. The second-order valence-electron chi connectivity index (χ2n) is 3.82. The summed E-state index contributed by atoms with van der Waals surface area (Å²) in [5.41, 5.74) is 0. The third-order valence-corrected chi connectivity index (χ3v) is 3.08. The van der Waals surface area contributed by atoms with Crippen LogP contribution in [0.25, 0.3) is 0 Å². The Kier molecular flexibility index (Phi) is 3.80. The first-order valence-electron chi connectivity index (χ1n) is 4.62. The monoisotopic (exact) mass is 217 g/mol. The summed E-state index contributed by atoms with van der Waals surface area (Å²) in [6, 6.07) is -0.619. The van der Waals surface area contributed by atoms with Crippen molar-refractivity contribution in [3.05, 3.63) is 0 Å². The average Bonchev–Trinajstić information content (AvgIpc) is 2.49. The molecule has 0 aliphatic carbocycles. The van der Waals surface area contributed by atoms with Crippen LogP contribution in [0.1, 0.15) is 20.3 Å².